The summed E-state index contributed by atoms with van der Waals surface area (Å²) in [6.45, 7) is 0. The molecule has 0 aliphatic heterocycles. The van der Waals surface area contributed by atoms with E-state index >= 15 is 0 Å². The molecule has 7 heteroatoms. The molecule has 3 aromatic rings. The minimum atomic E-state index is -0.967. The normalized spacial score (nSPS) is 10.6. The molecule has 3 heterocycles. The van der Waals surface area contributed by atoms with Gasteiger partial charge in [-0.25, -0.2) is 0 Å². The van der Waals surface area contributed by atoms with Gasteiger partial charge in [0.25, 0.3) is 0 Å². The van der Waals surface area contributed by atoms with Gasteiger partial charge in [0.15, 0.2) is 0 Å². The third-order valence-electron chi connectivity index (χ3n) is 2.34. The van der Waals surface area contributed by atoms with Crippen LogP contribution in [0.2, 0.25) is 0 Å². The maximum absolute atomic E-state index is 4.36. The lowest BCUT2D eigenvalue weighted by Crippen LogP contribution is -2.26. The van der Waals surface area contributed by atoms with Crippen LogP contribution in [0.5, 0.6) is 0 Å². The molecule has 19 heavy (non-hydrogen) atoms. The summed E-state index contributed by atoms with van der Waals surface area (Å²) in [6, 6.07) is 0. The van der Waals surface area contributed by atoms with Crippen molar-refractivity contribution in [1.82, 2.24) is 29.9 Å². The van der Waals surface area contributed by atoms with Gasteiger partial charge in [-0.05, 0) is 0 Å². The smallest absolute Gasteiger partial charge is 0.0936 e. The zero-order valence-corrected chi connectivity index (χ0v) is 10.7. The van der Waals surface area contributed by atoms with Crippen LogP contribution in [0.4, 0.5) is 0 Å². The van der Waals surface area contributed by atoms with Crippen LogP contribution in [-0.4, -0.2) is 29.9 Å². The zero-order chi connectivity index (χ0) is 12.9. The van der Waals surface area contributed by atoms with Crippen molar-refractivity contribution in [2.75, 3.05) is 0 Å². The molecular weight excluding hydrogens is 259 g/mol. The first-order chi connectivity index (χ1) is 9.45. The minimum Gasteiger partial charge on any atom is -0.261 e. The van der Waals surface area contributed by atoms with Crippen molar-refractivity contribution in [2.24, 2.45) is 0 Å². The Bertz CT molecular complexity index is 540. The van der Waals surface area contributed by atoms with E-state index in [1.807, 2.05) is 0 Å². The monoisotopic (exact) mass is 268 g/mol. The molecule has 0 N–H and O–H groups in total. The van der Waals surface area contributed by atoms with Gasteiger partial charge in [-0.2, -0.15) is 0 Å². The summed E-state index contributed by atoms with van der Waals surface area (Å²) in [5.41, 5.74) is 2.50. The Balaban J connectivity index is 2.12. The molecule has 0 aliphatic rings. The molecule has 0 amide bonds. The van der Waals surface area contributed by atoms with Crippen molar-refractivity contribution in [1.29, 1.82) is 0 Å². The topological polar surface area (TPSA) is 77.3 Å². The fraction of sp³-hybridized carbons (Fsp3) is 0. The van der Waals surface area contributed by atoms with Crippen molar-refractivity contribution in [3.63, 3.8) is 0 Å². The van der Waals surface area contributed by atoms with Crippen molar-refractivity contribution in [3.05, 3.63) is 55.8 Å². The molecular formula is C12H9N6P. The third-order valence-corrected chi connectivity index (χ3v) is 4.40. The Hall–Kier alpha value is -2.33. The van der Waals surface area contributed by atoms with E-state index in [4.69, 9.17) is 0 Å². The molecule has 0 saturated heterocycles. The second-order valence-corrected chi connectivity index (χ2v) is 5.57. The summed E-state index contributed by atoms with van der Waals surface area (Å²) in [5, 5.41) is 0. The van der Waals surface area contributed by atoms with E-state index in [-0.39, 0.29) is 0 Å². The first kappa shape index (κ1) is 11.7. The average molecular weight is 268 g/mol. The van der Waals surface area contributed by atoms with Gasteiger partial charge >= 0.3 is 0 Å². The molecule has 0 aromatic carbocycles. The summed E-state index contributed by atoms with van der Waals surface area (Å²) >= 11 is 0. The Morgan fingerprint density at radius 3 is 1.16 bits per heavy atom. The largest absolute Gasteiger partial charge is 0.261 e. The third kappa shape index (κ3) is 2.58. The maximum Gasteiger partial charge on any atom is 0.0936 e. The number of rotatable bonds is 3. The summed E-state index contributed by atoms with van der Waals surface area (Å²) in [4.78, 5) is 25.4. The second kappa shape index (κ2) is 5.54. The molecule has 0 atom stereocenters. The number of hydrogen-bond donors (Lipinski definition) is 0. The predicted molar refractivity (Wildman–Crippen MR) is 71.9 cm³/mol. The van der Waals surface area contributed by atoms with Crippen LogP contribution in [-0.2, 0) is 0 Å². The van der Waals surface area contributed by atoms with E-state index in [0.717, 1.165) is 16.3 Å². The van der Waals surface area contributed by atoms with Gasteiger partial charge in [0.1, 0.15) is 0 Å². The Morgan fingerprint density at radius 2 is 0.895 bits per heavy atom. The minimum absolute atomic E-state index is 0.832. The van der Waals surface area contributed by atoms with E-state index in [1.165, 1.54) is 0 Å². The van der Waals surface area contributed by atoms with E-state index in [0.29, 0.717) is 0 Å². The average Bonchev–Trinajstić information content (AvgIpc) is 2.51. The quantitative estimate of drug-likeness (QED) is 0.613. The highest BCUT2D eigenvalue weighted by atomic mass is 31.1. The van der Waals surface area contributed by atoms with Crippen LogP contribution in [0.1, 0.15) is 0 Å². The van der Waals surface area contributed by atoms with Gasteiger partial charge in [0.05, 0.1) is 42.8 Å². The van der Waals surface area contributed by atoms with Crippen LogP contribution in [0.15, 0.2) is 55.8 Å². The molecule has 0 aliphatic carbocycles. The van der Waals surface area contributed by atoms with E-state index in [1.54, 1.807) is 55.8 Å². The molecule has 0 fully saturated rings. The number of nitrogens with zero attached hydrogens (tertiary/aromatic N) is 6. The van der Waals surface area contributed by atoms with Crippen LogP contribution < -0.4 is 16.3 Å². The fourth-order valence-corrected chi connectivity index (χ4v) is 3.37. The molecule has 6 nitrogen and oxygen atoms in total. The van der Waals surface area contributed by atoms with Gasteiger partial charge < -0.3 is 0 Å². The summed E-state index contributed by atoms with van der Waals surface area (Å²) in [6.07, 6.45) is 15.1. The Morgan fingerprint density at radius 1 is 0.526 bits per heavy atom. The van der Waals surface area contributed by atoms with E-state index < -0.39 is 7.92 Å². The molecule has 0 radical (unpaired) electrons. The highest BCUT2D eigenvalue weighted by Crippen LogP contribution is 2.28. The predicted octanol–water partition coefficient (Wildman–Crippen LogP) is -0.185. The van der Waals surface area contributed by atoms with Gasteiger partial charge in [-0.15, -0.1) is 0 Å². The highest BCUT2D eigenvalue weighted by Gasteiger charge is 2.21. The van der Waals surface area contributed by atoms with Crippen molar-refractivity contribution in [2.45, 2.75) is 0 Å². The molecule has 3 aromatic heterocycles. The molecule has 0 saturated carbocycles. The first-order valence-electron chi connectivity index (χ1n) is 5.53. The van der Waals surface area contributed by atoms with E-state index in [2.05, 4.69) is 29.9 Å². The fourth-order valence-electron chi connectivity index (χ4n) is 1.57. The van der Waals surface area contributed by atoms with Gasteiger partial charge in [-0.1, -0.05) is 0 Å². The first-order valence-corrected chi connectivity index (χ1v) is 6.87. The Labute approximate surface area is 110 Å². The number of hydrogen-bond acceptors (Lipinski definition) is 6. The van der Waals surface area contributed by atoms with Gasteiger partial charge in [-0.3, -0.25) is 29.9 Å². The molecule has 0 bridgehead atoms. The van der Waals surface area contributed by atoms with Crippen LogP contribution >= 0.6 is 7.92 Å². The van der Waals surface area contributed by atoms with Crippen molar-refractivity contribution >= 4 is 24.2 Å². The number of aromatic nitrogens is 6. The summed E-state index contributed by atoms with van der Waals surface area (Å²) in [7, 11) is -0.967. The van der Waals surface area contributed by atoms with Crippen LogP contribution in [0.25, 0.3) is 0 Å². The highest BCUT2D eigenvalue weighted by molar-refractivity contribution is 7.79. The lowest BCUT2D eigenvalue weighted by molar-refractivity contribution is 1.22. The lowest BCUT2D eigenvalue weighted by atomic mass is 10.7. The molecule has 0 unspecified atom stereocenters. The van der Waals surface area contributed by atoms with Crippen LogP contribution in [0.3, 0.4) is 0 Å². The van der Waals surface area contributed by atoms with Gasteiger partial charge in [0, 0.05) is 37.2 Å². The van der Waals surface area contributed by atoms with Crippen LogP contribution in [0, 0.1) is 0 Å². The summed E-state index contributed by atoms with van der Waals surface area (Å²) in [5.74, 6) is 0. The lowest BCUT2D eigenvalue weighted by Gasteiger charge is -2.13. The standard InChI is InChI=1S/C12H9N6P/c1-4-16-10(7-13-1)19(11-8-14-2-5-17-11)12-9-15-3-6-18-12/h1-9H. The molecule has 3 rings (SSSR count). The maximum atomic E-state index is 4.36. The van der Waals surface area contributed by atoms with E-state index in [9.17, 15) is 0 Å². The van der Waals surface area contributed by atoms with Gasteiger partial charge in [0.2, 0.25) is 0 Å². The Kier molecular flexibility index (Phi) is 3.42. The van der Waals surface area contributed by atoms with Crippen molar-refractivity contribution in [3.8, 4) is 0 Å². The molecule has 92 valence electrons. The molecule has 0 spiro atoms. The SMILES string of the molecule is c1cnc(P(c2cnccn2)c2cnccn2)cn1. The second-order valence-electron chi connectivity index (χ2n) is 3.53. The zero-order valence-electron chi connectivity index (χ0n) is 9.83. The summed E-state index contributed by atoms with van der Waals surface area (Å²) < 4.78 is 0. The van der Waals surface area contributed by atoms with Crippen molar-refractivity contribution < 1.29 is 0 Å².